The highest BCUT2D eigenvalue weighted by molar-refractivity contribution is 5.51. The first-order chi connectivity index (χ1) is 6.68. The molecule has 3 nitrogen and oxygen atoms in total. The molecule has 0 aliphatic carbocycles. The first kappa shape index (κ1) is 9.27. The molecule has 1 aliphatic rings. The van der Waals surface area contributed by atoms with Crippen LogP contribution in [-0.4, -0.2) is 23.0 Å². The molecule has 4 heteroatoms. The third-order valence-corrected chi connectivity index (χ3v) is 2.48. The molecule has 0 radical (unpaired) electrons. The molecule has 1 atom stereocenters. The Labute approximate surface area is 81.4 Å². The molecule has 0 bridgehead atoms. The minimum Gasteiger partial charge on any atom is -0.505 e. The van der Waals surface area contributed by atoms with E-state index in [1.165, 1.54) is 12.1 Å². The Hall–Kier alpha value is -1.29. The average Bonchev–Trinajstić information content (AvgIpc) is 2.57. The van der Waals surface area contributed by atoms with Crippen LogP contribution in [0.25, 0.3) is 0 Å². The van der Waals surface area contributed by atoms with Crippen molar-refractivity contribution in [2.75, 3.05) is 11.4 Å². The number of benzene rings is 1. The summed E-state index contributed by atoms with van der Waals surface area (Å²) in [6, 6.07) is 4.10. The van der Waals surface area contributed by atoms with Crippen LogP contribution in [0.2, 0.25) is 0 Å². The molecule has 0 spiro atoms. The zero-order chi connectivity index (χ0) is 10.1. The fourth-order valence-electron chi connectivity index (χ4n) is 1.73. The SMILES string of the molecule is Oc1cc(N2CCCC2O)ccc1F. The van der Waals surface area contributed by atoms with Crippen molar-refractivity contribution in [1.29, 1.82) is 0 Å². The Morgan fingerprint density at radius 2 is 2.21 bits per heavy atom. The van der Waals surface area contributed by atoms with Gasteiger partial charge in [-0.25, -0.2) is 4.39 Å². The molecule has 1 aromatic rings. The molecule has 0 aromatic heterocycles. The molecular formula is C10H12FNO2. The highest BCUT2D eigenvalue weighted by Gasteiger charge is 2.22. The number of phenolic OH excluding ortho intramolecular Hbond substituents is 1. The van der Waals surface area contributed by atoms with Crippen molar-refractivity contribution >= 4 is 5.69 Å². The second-order valence-electron chi connectivity index (χ2n) is 3.45. The van der Waals surface area contributed by atoms with Crippen LogP contribution in [0.3, 0.4) is 0 Å². The van der Waals surface area contributed by atoms with E-state index in [0.717, 1.165) is 19.4 Å². The number of nitrogens with zero attached hydrogens (tertiary/aromatic N) is 1. The normalized spacial score (nSPS) is 21.6. The second kappa shape index (κ2) is 3.46. The molecular weight excluding hydrogens is 185 g/mol. The van der Waals surface area contributed by atoms with Crippen LogP contribution < -0.4 is 4.90 Å². The lowest BCUT2D eigenvalue weighted by atomic mass is 10.2. The first-order valence-electron chi connectivity index (χ1n) is 4.62. The predicted molar refractivity (Wildman–Crippen MR) is 50.7 cm³/mol. The van der Waals surface area contributed by atoms with Crippen LogP contribution in [0.4, 0.5) is 10.1 Å². The summed E-state index contributed by atoms with van der Waals surface area (Å²) >= 11 is 0. The highest BCUT2D eigenvalue weighted by atomic mass is 19.1. The third kappa shape index (κ3) is 1.53. The maximum atomic E-state index is 12.8. The number of rotatable bonds is 1. The number of hydrogen-bond donors (Lipinski definition) is 2. The van der Waals surface area contributed by atoms with Gasteiger partial charge in [0.2, 0.25) is 0 Å². The summed E-state index contributed by atoms with van der Waals surface area (Å²) in [7, 11) is 0. The van der Waals surface area contributed by atoms with Gasteiger partial charge in [0, 0.05) is 18.3 Å². The van der Waals surface area contributed by atoms with Crippen molar-refractivity contribution in [3.8, 4) is 5.75 Å². The quantitative estimate of drug-likeness (QED) is 0.716. The maximum Gasteiger partial charge on any atom is 0.164 e. The molecule has 1 fully saturated rings. The lowest BCUT2D eigenvalue weighted by Crippen LogP contribution is -2.28. The van der Waals surface area contributed by atoms with Crippen LogP contribution in [0.15, 0.2) is 18.2 Å². The van der Waals surface area contributed by atoms with E-state index in [9.17, 15) is 9.50 Å². The molecule has 14 heavy (non-hydrogen) atoms. The number of anilines is 1. The van der Waals surface area contributed by atoms with E-state index in [2.05, 4.69) is 0 Å². The average molecular weight is 197 g/mol. The van der Waals surface area contributed by atoms with Gasteiger partial charge in [-0.1, -0.05) is 0 Å². The smallest absolute Gasteiger partial charge is 0.164 e. The van der Waals surface area contributed by atoms with Crippen molar-refractivity contribution in [1.82, 2.24) is 0 Å². The molecule has 1 unspecified atom stereocenters. The summed E-state index contributed by atoms with van der Waals surface area (Å²) in [5.41, 5.74) is 0.661. The van der Waals surface area contributed by atoms with Gasteiger partial charge in [0.1, 0.15) is 6.23 Å². The Morgan fingerprint density at radius 3 is 2.79 bits per heavy atom. The highest BCUT2D eigenvalue weighted by Crippen LogP contribution is 2.28. The van der Waals surface area contributed by atoms with Gasteiger partial charge in [-0.2, -0.15) is 0 Å². The summed E-state index contributed by atoms with van der Waals surface area (Å²) in [4.78, 5) is 1.75. The summed E-state index contributed by atoms with van der Waals surface area (Å²) < 4.78 is 12.8. The predicted octanol–water partition coefficient (Wildman–Crippen LogP) is 1.45. The van der Waals surface area contributed by atoms with Gasteiger partial charge in [0.15, 0.2) is 11.6 Å². The van der Waals surface area contributed by atoms with Crippen molar-refractivity contribution in [2.24, 2.45) is 0 Å². The Bertz CT molecular complexity index is 343. The monoisotopic (exact) mass is 197 g/mol. The fourth-order valence-corrected chi connectivity index (χ4v) is 1.73. The zero-order valence-electron chi connectivity index (χ0n) is 7.65. The standard InChI is InChI=1S/C10H12FNO2/c11-8-4-3-7(6-9(8)13)12-5-1-2-10(12)14/h3-4,6,10,13-14H,1-2,5H2. The number of aliphatic hydroxyl groups is 1. The molecule has 1 aliphatic heterocycles. The van der Waals surface area contributed by atoms with Crippen LogP contribution in [0, 0.1) is 5.82 Å². The van der Waals surface area contributed by atoms with Gasteiger partial charge in [-0.3, -0.25) is 0 Å². The van der Waals surface area contributed by atoms with E-state index in [4.69, 9.17) is 5.11 Å². The van der Waals surface area contributed by atoms with Crippen molar-refractivity contribution < 1.29 is 14.6 Å². The Morgan fingerprint density at radius 1 is 1.43 bits per heavy atom. The third-order valence-electron chi connectivity index (χ3n) is 2.48. The number of aromatic hydroxyl groups is 1. The van der Waals surface area contributed by atoms with E-state index >= 15 is 0 Å². The van der Waals surface area contributed by atoms with Crippen molar-refractivity contribution in [3.63, 3.8) is 0 Å². The largest absolute Gasteiger partial charge is 0.505 e. The summed E-state index contributed by atoms with van der Waals surface area (Å²) in [5, 5.41) is 18.7. The number of hydrogen-bond acceptors (Lipinski definition) is 3. The van der Waals surface area contributed by atoms with E-state index < -0.39 is 12.0 Å². The van der Waals surface area contributed by atoms with Crippen LogP contribution in [-0.2, 0) is 0 Å². The molecule has 0 saturated carbocycles. The first-order valence-corrected chi connectivity index (χ1v) is 4.62. The van der Waals surface area contributed by atoms with E-state index in [1.807, 2.05) is 0 Å². The maximum absolute atomic E-state index is 12.8. The van der Waals surface area contributed by atoms with Crippen LogP contribution in [0.1, 0.15) is 12.8 Å². The second-order valence-corrected chi connectivity index (χ2v) is 3.45. The van der Waals surface area contributed by atoms with Gasteiger partial charge in [-0.15, -0.1) is 0 Å². The molecule has 1 saturated heterocycles. The topological polar surface area (TPSA) is 43.7 Å². The van der Waals surface area contributed by atoms with Crippen LogP contribution in [0.5, 0.6) is 5.75 Å². The van der Waals surface area contributed by atoms with Gasteiger partial charge < -0.3 is 15.1 Å². The van der Waals surface area contributed by atoms with Gasteiger partial charge in [-0.05, 0) is 25.0 Å². The number of aliphatic hydroxyl groups excluding tert-OH is 1. The fraction of sp³-hybridized carbons (Fsp3) is 0.400. The van der Waals surface area contributed by atoms with E-state index in [-0.39, 0.29) is 5.75 Å². The summed E-state index contributed by atoms with van der Waals surface area (Å²) in [6.45, 7) is 0.742. The minimum absolute atomic E-state index is 0.374. The van der Waals surface area contributed by atoms with Gasteiger partial charge in [0.05, 0.1) is 0 Å². The molecule has 1 heterocycles. The zero-order valence-corrected chi connectivity index (χ0v) is 7.65. The van der Waals surface area contributed by atoms with E-state index in [1.54, 1.807) is 11.0 Å². The van der Waals surface area contributed by atoms with Crippen molar-refractivity contribution in [2.45, 2.75) is 19.1 Å². The Kier molecular flexibility index (Phi) is 2.29. The number of halogens is 1. The minimum atomic E-state index is -0.637. The van der Waals surface area contributed by atoms with Crippen LogP contribution >= 0.6 is 0 Å². The molecule has 76 valence electrons. The molecule has 0 amide bonds. The lowest BCUT2D eigenvalue weighted by Gasteiger charge is -2.22. The van der Waals surface area contributed by atoms with Gasteiger partial charge >= 0.3 is 0 Å². The summed E-state index contributed by atoms with van der Waals surface area (Å²) in [6.07, 6.45) is 1.12. The molecule has 1 aromatic carbocycles. The molecule has 2 N–H and O–H groups in total. The lowest BCUT2D eigenvalue weighted by molar-refractivity contribution is 0.185. The molecule has 2 rings (SSSR count). The Balaban J connectivity index is 2.28. The van der Waals surface area contributed by atoms with E-state index in [0.29, 0.717) is 5.69 Å². The summed E-state index contributed by atoms with van der Waals surface area (Å²) in [5.74, 6) is -1.01. The van der Waals surface area contributed by atoms with Crippen molar-refractivity contribution in [3.05, 3.63) is 24.0 Å². The number of phenols is 1. The van der Waals surface area contributed by atoms with Gasteiger partial charge in [0.25, 0.3) is 0 Å².